The summed E-state index contributed by atoms with van der Waals surface area (Å²) in [7, 11) is 1.38. The minimum absolute atomic E-state index is 0.0378. The summed E-state index contributed by atoms with van der Waals surface area (Å²) in [6, 6.07) is 6.26. The van der Waals surface area contributed by atoms with Gasteiger partial charge in [-0.25, -0.2) is 0 Å². The van der Waals surface area contributed by atoms with Crippen LogP contribution in [0, 0.1) is 0 Å². The fourth-order valence-electron chi connectivity index (χ4n) is 2.28. The van der Waals surface area contributed by atoms with Crippen molar-refractivity contribution in [2.24, 2.45) is 0 Å². The molecule has 0 heterocycles. The van der Waals surface area contributed by atoms with E-state index in [4.69, 9.17) is 9.47 Å². The molecule has 0 saturated carbocycles. The Bertz CT molecular complexity index is 833. The molecule has 0 aliphatic rings. The van der Waals surface area contributed by atoms with Gasteiger partial charge in [0.05, 0.1) is 29.0 Å². The summed E-state index contributed by atoms with van der Waals surface area (Å²) in [6.45, 7) is 0.0786. The van der Waals surface area contributed by atoms with Gasteiger partial charge < -0.3 is 14.8 Å². The average molecular weight is 407 g/mol. The van der Waals surface area contributed by atoms with E-state index in [0.29, 0.717) is 12.1 Å². The van der Waals surface area contributed by atoms with Gasteiger partial charge in [-0.2, -0.15) is 26.3 Å². The molecule has 0 spiro atoms. The van der Waals surface area contributed by atoms with Gasteiger partial charge in [0.15, 0.2) is 0 Å². The lowest BCUT2D eigenvalue weighted by atomic mass is 10.1. The number of carbonyl (C=O) groups is 1. The summed E-state index contributed by atoms with van der Waals surface area (Å²) in [4.78, 5) is 12.4. The molecule has 0 saturated heterocycles. The summed E-state index contributed by atoms with van der Waals surface area (Å²) in [6.07, 6.45) is -9.52. The molecule has 152 valence electrons. The standard InChI is InChI=1S/C18H15F6NO3/c1-27-8-9-28-15-7-6-11(17(19,20)21)10-14(15)25-16(26)12-4-2-3-5-13(12)18(22,23)24/h2-7,10H,8-9H2,1H3,(H,25,26). The molecule has 0 radical (unpaired) electrons. The zero-order chi connectivity index (χ0) is 20.9. The highest BCUT2D eigenvalue weighted by molar-refractivity contribution is 6.06. The fourth-order valence-corrected chi connectivity index (χ4v) is 2.28. The molecule has 0 bridgehead atoms. The minimum Gasteiger partial charge on any atom is -0.489 e. The monoisotopic (exact) mass is 407 g/mol. The topological polar surface area (TPSA) is 47.6 Å². The number of alkyl halides is 6. The van der Waals surface area contributed by atoms with Gasteiger partial charge in [0, 0.05) is 7.11 Å². The molecule has 0 atom stereocenters. The van der Waals surface area contributed by atoms with E-state index in [1.165, 1.54) is 13.2 Å². The molecule has 0 aliphatic heterocycles. The number of amides is 1. The average Bonchev–Trinajstić information content (AvgIpc) is 2.61. The number of carbonyl (C=O) groups excluding carboxylic acids is 1. The van der Waals surface area contributed by atoms with Gasteiger partial charge in [-0.05, 0) is 30.3 Å². The Morgan fingerprint density at radius 2 is 1.64 bits per heavy atom. The molecule has 2 rings (SSSR count). The van der Waals surface area contributed by atoms with Crippen LogP contribution in [0.25, 0.3) is 0 Å². The van der Waals surface area contributed by atoms with Crippen LogP contribution in [0.2, 0.25) is 0 Å². The molecule has 1 N–H and O–H groups in total. The summed E-state index contributed by atoms with van der Waals surface area (Å²) >= 11 is 0. The molecule has 2 aromatic rings. The van der Waals surface area contributed by atoms with Crippen molar-refractivity contribution >= 4 is 11.6 Å². The first-order chi connectivity index (χ1) is 13.0. The highest BCUT2D eigenvalue weighted by atomic mass is 19.4. The molecule has 0 aromatic heterocycles. The fraction of sp³-hybridized carbons (Fsp3) is 0.278. The highest BCUT2D eigenvalue weighted by Crippen LogP contribution is 2.36. The van der Waals surface area contributed by atoms with Crippen molar-refractivity contribution in [2.45, 2.75) is 12.4 Å². The van der Waals surface area contributed by atoms with E-state index in [-0.39, 0.29) is 19.0 Å². The zero-order valence-electron chi connectivity index (χ0n) is 14.4. The van der Waals surface area contributed by atoms with Gasteiger partial charge >= 0.3 is 12.4 Å². The van der Waals surface area contributed by atoms with Crippen molar-refractivity contribution in [3.63, 3.8) is 0 Å². The highest BCUT2D eigenvalue weighted by Gasteiger charge is 2.35. The summed E-state index contributed by atoms with van der Waals surface area (Å²) in [5.74, 6) is -1.35. The van der Waals surface area contributed by atoms with Crippen LogP contribution >= 0.6 is 0 Å². The van der Waals surface area contributed by atoms with Crippen LogP contribution < -0.4 is 10.1 Å². The predicted octanol–water partition coefficient (Wildman–Crippen LogP) is 5.00. The molecule has 28 heavy (non-hydrogen) atoms. The third-order valence-electron chi connectivity index (χ3n) is 3.58. The maximum absolute atomic E-state index is 13.1. The number of anilines is 1. The van der Waals surface area contributed by atoms with Crippen LogP contribution in [-0.2, 0) is 17.1 Å². The number of benzene rings is 2. The van der Waals surface area contributed by atoms with E-state index in [2.05, 4.69) is 5.32 Å². The van der Waals surface area contributed by atoms with E-state index in [9.17, 15) is 31.1 Å². The number of hydrogen-bond donors (Lipinski definition) is 1. The second kappa shape index (κ2) is 8.51. The van der Waals surface area contributed by atoms with Gasteiger partial charge in [-0.15, -0.1) is 0 Å². The number of ether oxygens (including phenoxy) is 2. The third-order valence-corrected chi connectivity index (χ3v) is 3.58. The Labute approximate surface area is 156 Å². The van der Waals surface area contributed by atoms with Crippen LogP contribution in [0.15, 0.2) is 42.5 Å². The molecular weight excluding hydrogens is 392 g/mol. The summed E-state index contributed by atoms with van der Waals surface area (Å²) in [5, 5.41) is 2.07. The van der Waals surface area contributed by atoms with E-state index >= 15 is 0 Å². The Hall–Kier alpha value is -2.75. The first-order valence-electron chi connectivity index (χ1n) is 7.84. The molecular formula is C18H15F6NO3. The number of halogens is 6. The van der Waals surface area contributed by atoms with Crippen molar-refractivity contribution in [3.05, 3.63) is 59.2 Å². The summed E-state index contributed by atoms with van der Waals surface area (Å²) < 4.78 is 88.2. The van der Waals surface area contributed by atoms with Crippen LogP contribution in [0.3, 0.4) is 0 Å². The largest absolute Gasteiger partial charge is 0.489 e. The van der Waals surface area contributed by atoms with E-state index in [1.807, 2.05) is 0 Å². The van der Waals surface area contributed by atoms with Crippen molar-refractivity contribution < 1.29 is 40.6 Å². The normalized spacial score (nSPS) is 12.0. The lowest BCUT2D eigenvalue weighted by molar-refractivity contribution is -0.138. The molecule has 0 fully saturated rings. The predicted molar refractivity (Wildman–Crippen MR) is 88.2 cm³/mol. The summed E-state index contributed by atoms with van der Waals surface area (Å²) in [5.41, 5.74) is -3.43. The Balaban J connectivity index is 2.39. The first kappa shape index (κ1) is 21.5. The maximum Gasteiger partial charge on any atom is 0.417 e. The molecule has 2 aromatic carbocycles. The van der Waals surface area contributed by atoms with E-state index in [0.717, 1.165) is 24.3 Å². The van der Waals surface area contributed by atoms with Gasteiger partial charge in [-0.3, -0.25) is 4.79 Å². The van der Waals surface area contributed by atoms with Crippen molar-refractivity contribution in [1.29, 1.82) is 0 Å². The molecule has 10 heteroatoms. The van der Waals surface area contributed by atoms with Crippen LogP contribution in [-0.4, -0.2) is 26.2 Å². The number of rotatable bonds is 6. The second-order valence-corrected chi connectivity index (χ2v) is 5.55. The minimum atomic E-state index is -4.81. The van der Waals surface area contributed by atoms with Gasteiger partial charge in [-0.1, -0.05) is 12.1 Å². The maximum atomic E-state index is 13.1. The van der Waals surface area contributed by atoms with Gasteiger partial charge in [0.25, 0.3) is 5.91 Å². The quantitative estimate of drug-likeness (QED) is 0.542. The Morgan fingerprint density at radius 3 is 2.25 bits per heavy atom. The molecule has 0 aliphatic carbocycles. The van der Waals surface area contributed by atoms with Gasteiger partial charge in [0.2, 0.25) is 0 Å². The SMILES string of the molecule is COCCOc1ccc(C(F)(F)F)cc1NC(=O)c1ccccc1C(F)(F)F. The zero-order valence-corrected chi connectivity index (χ0v) is 14.4. The Morgan fingerprint density at radius 1 is 0.964 bits per heavy atom. The Kier molecular flexibility index (Phi) is 6.55. The molecule has 1 amide bonds. The van der Waals surface area contributed by atoms with Crippen molar-refractivity contribution in [1.82, 2.24) is 0 Å². The van der Waals surface area contributed by atoms with Crippen molar-refractivity contribution in [2.75, 3.05) is 25.6 Å². The lowest BCUT2D eigenvalue weighted by Crippen LogP contribution is -2.19. The smallest absolute Gasteiger partial charge is 0.417 e. The number of nitrogens with one attached hydrogen (secondary N) is 1. The third kappa shape index (κ3) is 5.38. The van der Waals surface area contributed by atoms with Crippen LogP contribution in [0.5, 0.6) is 5.75 Å². The van der Waals surface area contributed by atoms with Crippen LogP contribution in [0.1, 0.15) is 21.5 Å². The van der Waals surface area contributed by atoms with Crippen LogP contribution in [0.4, 0.5) is 32.0 Å². The molecule has 4 nitrogen and oxygen atoms in total. The second-order valence-electron chi connectivity index (χ2n) is 5.55. The van der Waals surface area contributed by atoms with E-state index < -0.39 is 40.6 Å². The molecule has 0 unspecified atom stereocenters. The van der Waals surface area contributed by atoms with Crippen molar-refractivity contribution in [3.8, 4) is 5.75 Å². The lowest BCUT2D eigenvalue weighted by Gasteiger charge is -2.17. The number of methoxy groups -OCH3 is 1. The number of hydrogen-bond acceptors (Lipinski definition) is 3. The first-order valence-corrected chi connectivity index (χ1v) is 7.84. The van der Waals surface area contributed by atoms with Gasteiger partial charge in [0.1, 0.15) is 12.4 Å². The van der Waals surface area contributed by atoms with E-state index in [1.54, 1.807) is 0 Å².